The van der Waals surface area contributed by atoms with Crippen molar-refractivity contribution in [1.82, 2.24) is 0 Å². The van der Waals surface area contributed by atoms with Crippen molar-refractivity contribution in [2.45, 2.75) is 20.3 Å². The average molecular weight is 352 g/mol. The van der Waals surface area contributed by atoms with Crippen molar-refractivity contribution >= 4 is 16.9 Å². The van der Waals surface area contributed by atoms with Crippen LogP contribution in [0.5, 0.6) is 11.5 Å². The van der Waals surface area contributed by atoms with Gasteiger partial charge in [-0.05, 0) is 35.7 Å². The Kier molecular flexibility index (Phi) is 5.07. The third-order valence-corrected chi connectivity index (χ3v) is 3.95. The normalized spacial score (nSPS) is 10.9. The van der Waals surface area contributed by atoms with Crippen molar-refractivity contribution < 1.29 is 18.7 Å². The third-order valence-electron chi connectivity index (χ3n) is 3.95. The van der Waals surface area contributed by atoms with E-state index in [-0.39, 0.29) is 17.3 Å². The van der Waals surface area contributed by atoms with E-state index in [0.717, 1.165) is 5.56 Å². The van der Waals surface area contributed by atoms with Gasteiger partial charge in [0.2, 0.25) is 0 Å². The van der Waals surface area contributed by atoms with Crippen molar-refractivity contribution in [1.29, 1.82) is 0 Å². The zero-order chi connectivity index (χ0) is 18.7. The van der Waals surface area contributed by atoms with Gasteiger partial charge in [-0.25, -0.2) is 0 Å². The molecule has 1 heterocycles. The van der Waals surface area contributed by atoms with Crippen molar-refractivity contribution in [3.8, 4) is 22.6 Å². The quantitative estimate of drug-likeness (QED) is 0.502. The highest BCUT2D eigenvalue weighted by molar-refractivity contribution is 5.83. The fourth-order valence-corrected chi connectivity index (χ4v) is 2.65. The molecule has 3 rings (SSSR count). The lowest BCUT2D eigenvalue weighted by Gasteiger charge is -2.08. The molecular weight excluding hydrogens is 332 g/mol. The SMILES string of the molecule is COc1ccc(-c2coc3cc(OC(=O)CC(C)C)ccc3c2=O)cc1. The molecule has 0 atom stereocenters. The highest BCUT2D eigenvalue weighted by Gasteiger charge is 2.12. The van der Waals surface area contributed by atoms with Gasteiger partial charge in [0.15, 0.2) is 5.43 Å². The molecule has 0 aliphatic rings. The summed E-state index contributed by atoms with van der Waals surface area (Å²) in [5.74, 6) is 0.986. The van der Waals surface area contributed by atoms with Gasteiger partial charge in [0.1, 0.15) is 23.3 Å². The molecule has 5 nitrogen and oxygen atoms in total. The summed E-state index contributed by atoms with van der Waals surface area (Å²) in [4.78, 5) is 24.6. The molecule has 0 aliphatic carbocycles. The Labute approximate surface area is 151 Å². The Morgan fingerprint density at radius 3 is 2.42 bits per heavy atom. The Morgan fingerprint density at radius 2 is 1.77 bits per heavy atom. The number of esters is 1. The Balaban J connectivity index is 1.93. The standard InChI is InChI=1S/C21H20O5/c1-13(2)10-20(22)26-16-8-9-17-19(11-16)25-12-18(21(17)23)14-4-6-15(24-3)7-5-14/h4-9,11-13H,10H2,1-3H3. The smallest absolute Gasteiger partial charge is 0.311 e. The highest BCUT2D eigenvalue weighted by atomic mass is 16.5. The van der Waals surface area contributed by atoms with Crippen LogP contribution in [0.3, 0.4) is 0 Å². The second-order valence-electron chi connectivity index (χ2n) is 6.44. The van der Waals surface area contributed by atoms with Crippen LogP contribution in [0.25, 0.3) is 22.1 Å². The molecular formula is C21H20O5. The lowest BCUT2D eigenvalue weighted by Crippen LogP contribution is -2.11. The monoisotopic (exact) mass is 352 g/mol. The minimum atomic E-state index is -0.309. The van der Waals surface area contributed by atoms with Gasteiger partial charge in [-0.2, -0.15) is 0 Å². The summed E-state index contributed by atoms with van der Waals surface area (Å²) < 4.78 is 16.0. The van der Waals surface area contributed by atoms with Gasteiger partial charge < -0.3 is 13.9 Å². The third kappa shape index (κ3) is 3.77. The largest absolute Gasteiger partial charge is 0.497 e. The van der Waals surface area contributed by atoms with Gasteiger partial charge in [0.05, 0.1) is 18.1 Å². The molecule has 0 aliphatic heterocycles. The lowest BCUT2D eigenvalue weighted by molar-refractivity contribution is -0.135. The predicted octanol–water partition coefficient (Wildman–Crippen LogP) is 4.42. The molecule has 0 bridgehead atoms. The Bertz CT molecular complexity index is 983. The van der Waals surface area contributed by atoms with Gasteiger partial charge >= 0.3 is 5.97 Å². The first-order chi connectivity index (χ1) is 12.5. The minimum Gasteiger partial charge on any atom is -0.497 e. The number of methoxy groups -OCH3 is 1. The number of rotatable bonds is 5. The minimum absolute atomic E-state index is 0.142. The molecule has 0 saturated carbocycles. The van der Waals surface area contributed by atoms with Crippen LogP contribution in [0.4, 0.5) is 0 Å². The first kappa shape index (κ1) is 17.7. The van der Waals surface area contributed by atoms with Crippen molar-refractivity contribution in [3.63, 3.8) is 0 Å². The maximum atomic E-state index is 12.8. The number of carbonyl (C=O) groups is 1. The first-order valence-corrected chi connectivity index (χ1v) is 8.38. The van der Waals surface area contributed by atoms with Crippen LogP contribution in [0.1, 0.15) is 20.3 Å². The number of fused-ring (bicyclic) bond motifs is 1. The first-order valence-electron chi connectivity index (χ1n) is 8.38. The summed E-state index contributed by atoms with van der Waals surface area (Å²) in [5.41, 5.74) is 1.44. The van der Waals surface area contributed by atoms with Gasteiger partial charge in [0.25, 0.3) is 0 Å². The molecule has 5 heteroatoms. The van der Waals surface area contributed by atoms with E-state index in [1.165, 1.54) is 6.26 Å². The molecule has 0 amide bonds. The summed E-state index contributed by atoms with van der Waals surface area (Å²) in [6.45, 7) is 3.89. The molecule has 2 aromatic carbocycles. The van der Waals surface area contributed by atoms with Crippen LogP contribution in [0.15, 0.2) is 57.9 Å². The Morgan fingerprint density at radius 1 is 1.08 bits per heavy atom. The fraction of sp³-hybridized carbons (Fsp3) is 0.238. The van der Waals surface area contributed by atoms with E-state index in [2.05, 4.69) is 0 Å². The average Bonchev–Trinajstić information content (AvgIpc) is 2.61. The van der Waals surface area contributed by atoms with Crippen LogP contribution in [-0.2, 0) is 4.79 Å². The topological polar surface area (TPSA) is 65.7 Å². The predicted molar refractivity (Wildman–Crippen MR) is 99.6 cm³/mol. The maximum absolute atomic E-state index is 12.8. The summed E-state index contributed by atoms with van der Waals surface area (Å²) in [6.07, 6.45) is 1.75. The molecule has 0 saturated heterocycles. The highest BCUT2D eigenvalue weighted by Crippen LogP contribution is 2.24. The second-order valence-corrected chi connectivity index (χ2v) is 6.44. The van der Waals surface area contributed by atoms with Crippen LogP contribution < -0.4 is 14.9 Å². The van der Waals surface area contributed by atoms with E-state index in [1.807, 2.05) is 13.8 Å². The van der Waals surface area contributed by atoms with Crippen LogP contribution >= 0.6 is 0 Å². The van der Waals surface area contributed by atoms with Gasteiger partial charge in [-0.3, -0.25) is 9.59 Å². The van der Waals surface area contributed by atoms with E-state index in [0.29, 0.717) is 34.5 Å². The van der Waals surface area contributed by atoms with Crippen LogP contribution in [0, 0.1) is 5.92 Å². The summed E-state index contributed by atoms with van der Waals surface area (Å²) in [6, 6.07) is 12.0. The molecule has 0 N–H and O–H groups in total. The van der Waals surface area contributed by atoms with E-state index in [4.69, 9.17) is 13.9 Å². The number of hydrogen-bond donors (Lipinski definition) is 0. The van der Waals surface area contributed by atoms with Gasteiger partial charge in [-0.15, -0.1) is 0 Å². The number of ether oxygens (including phenoxy) is 2. The molecule has 134 valence electrons. The van der Waals surface area contributed by atoms with Crippen molar-refractivity contribution in [2.24, 2.45) is 5.92 Å². The van der Waals surface area contributed by atoms with Crippen molar-refractivity contribution in [2.75, 3.05) is 7.11 Å². The van der Waals surface area contributed by atoms with Gasteiger partial charge in [0, 0.05) is 12.5 Å². The summed E-state index contributed by atoms with van der Waals surface area (Å²) in [5, 5.41) is 0.432. The molecule has 0 fully saturated rings. The molecule has 0 unspecified atom stereocenters. The second kappa shape index (κ2) is 7.44. The van der Waals surface area contributed by atoms with E-state index in [1.54, 1.807) is 49.6 Å². The molecule has 0 radical (unpaired) electrons. The zero-order valence-corrected chi connectivity index (χ0v) is 14.9. The van der Waals surface area contributed by atoms with Crippen molar-refractivity contribution in [3.05, 3.63) is 59.0 Å². The van der Waals surface area contributed by atoms with Crippen LogP contribution in [0.2, 0.25) is 0 Å². The van der Waals surface area contributed by atoms with Crippen LogP contribution in [-0.4, -0.2) is 13.1 Å². The number of carbonyl (C=O) groups excluding carboxylic acids is 1. The number of benzene rings is 2. The lowest BCUT2D eigenvalue weighted by atomic mass is 10.1. The fourth-order valence-electron chi connectivity index (χ4n) is 2.65. The molecule has 0 spiro atoms. The maximum Gasteiger partial charge on any atom is 0.311 e. The molecule has 3 aromatic rings. The van der Waals surface area contributed by atoms with Gasteiger partial charge in [-0.1, -0.05) is 26.0 Å². The van der Waals surface area contributed by atoms with E-state index in [9.17, 15) is 9.59 Å². The Hall–Kier alpha value is -3.08. The summed E-state index contributed by atoms with van der Waals surface area (Å²) in [7, 11) is 1.59. The molecule has 26 heavy (non-hydrogen) atoms. The zero-order valence-electron chi connectivity index (χ0n) is 14.9. The summed E-state index contributed by atoms with van der Waals surface area (Å²) >= 11 is 0. The van der Waals surface area contributed by atoms with E-state index < -0.39 is 0 Å². The van der Waals surface area contributed by atoms with E-state index >= 15 is 0 Å². The number of hydrogen-bond acceptors (Lipinski definition) is 5. The molecule has 1 aromatic heterocycles.